The zero-order valence-corrected chi connectivity index (χ0v) is 17.8. The highest BCUT2D eigenvalue weighted by molar-refractivity contribution is 7.99. The van der Waals surface area contributed by atoms with Crippen LogP contribution in [0.2, 0.25) is 5.15 Å². The molecular formula is C18H19ClN4O2S2. The van der Waals surface area contributed by atoms with E-state index in [1.54, 1.807) is 22.9 Å². The Labute approximate surface area is 170 Å². The van der Waals surface area contributed by atoms with Gasteiger partial charge in [0.2, 0.25) is 5.91 Å². The molecular weight excluding hydrogens is 404 g/mol. The Bertz CT molecular complexity index is 1080. The fourth-order valence-corrected chi connectivity index (χ4v) is 4.81. The molecule has 3 heterocycles. The van der Waals surface area contributed by atoms with Gasteiger partial charge in [-0.25, -0.2) is 9.97 Å². The van der Waals surface area contributed by atoms with Crippen LogP contribution >= 0.6 is 34.7 Å². The molecule has 0 unspecified atom stereocenters. The van der Waals surface area contributed by atoms with Crippen molar-refractivity contribution in [2.45, 2.75) is 38.9 Å². The number of hydrogen-bond donors (Lipinski definition) is 1. The first-order chi connectivity index (χ1) is 12.8. The van der Waals surface area contributed by atoms with Gasteiger partial charge in [0.05, 0.1) is 16.8 Å². The molecule has 0 spiro atoms. The quantitative estimate of drug-likeness (QED) is 0.373. The van der Waals surface area contributed by atoms with Crippen LogP contribution in [0.5, 0.6) is 0 Å². The number of pyridine rings is 1. The first-order valence-electron chi connectivity index (χ1n) is 8.35. The number of anilines is 1. The third kappa shape index (κ3) is 4.02. The van der Waals surface area contributed by atoms with Gasteiger partial charge < -0.3 is 5.32 Å². The van der Waals surface area contributed by atoms with E-state index in [9.17, 15) is 9.59 Å². The van der Waals surface area contributed by atoms with E-state index in [1.807, 2.05) is 27.7 Å². The molecule has 142 valence electrons. The highest BCUT2D eigenvalue weighted by Crippen LogP contribution is 2.29. The highest BCUT2D eigenvalue weighted by atomic mass is 35.5. The van der Waals surface area contributed by atoms with Gasteiger partial charge >= 0.3 is 0 Å². The maximum Gasteiger partial charge on any atom is 0.263 e. The number of fused-ring (bicyclic) bond motifs is 1. The molecule has 0 bridgehead atoms. The van der Waals surface area contributed by atoms with Crippen LogP contribution in [0.15, 0.2) is 28.3 Å². The molecule has 27 heavy (non-hydrogen) atoms. The van der Waals surface area contributed by atoms with Crippen molar-refractivity contribution >= 4 is 56.5 Å². The van der Waals surface area contributed by atoms with Crippen LogP contribution in [-0.2, 0) is 4.79 Å². The summed E-state index contributed by atoms with van der Waals surface area (Å²) in [5.74, 6) is -0.128. The van der Waals surface area contributed by atoms with Crippen LogP contribution in [0.25, 0.3) is 10.2 Å². The zero-order valence-electron chi connectivity index (χ0n) is 15.4. The molecule has 0 atom stereocenters. The Morgan fingerprint density at radius 1 is 1.41 bits per heavy atom. The van der Waals surface area contributed by atoms with Crippen LogP contribution in [0, 0.1) is 13.8 Å². The summed E-state index contributed by atoms with van der Waals surface area (Å²) in [4.78, 5) is 35.7. The van der Waals surface area contributed by atoms with Crippen molar-refractivity contribution < 1.29 is 4.79 Å². The minimum atomic E-state index is -0.238. The number of nitrogens with zero attached hydrogens (tertiary/aromatic N) is 3. The molecule has 0 aliphatic heterocycles. The highest BCUT2D eigenvalue weighted by Gasteiger charge is 2.19. The van der Waals surface area contributed by atoms with E-state index in [4.69, 9.17) is 11.6 Å². The second kappa shape index (κ2) is 8.00. The molecule has 6 nitrogen and oxygen atoms in total. The van der Waals surface area contributed by atoms with Gasteiger partial charge in [0, 0.05) is 17.1 Å². The molecule has 0 aliphatic rings. The fraction of sp³-hybridized carbons (Fsp3) is 0.333. The SMILES string of the molecule is Cc1sc2nc(SCC(=O)Nc3cccnc3Cl)n(C(C)C)c(=O)c2c1C. The lowest BCUT2D eigenvalue weighted by Crippen LogP contribution is -2.25. The lowest BCUT2D eigenvalue weighted by molar-refractivity contribution is -0.113. The topological polar surface area (TPSA) is 76.9 Å². The van der Waals surface area contributed by atoms with Crippen molar-refractivity contribution in [2.75, 3.05) is 11.1 Å². The number of carbonyl (C=O) groups is 1. The summed E-state index contributed by atoms with van der Waals surface area (Å²) in [6.45, 7) is 7.80. The van der Waals surface area contributed by atoms with E-state index in [0.717, 1.165) is 10.4 Å². The van der Waals surface area contributed by atoms with E-state index < -0.39 is 0 Å². The Hall–Kier alpha value is -1.90. The Kier molecular flexibility index (Phi) is 5.88. The summed E-state index contributed by atoms with van der Waals surface area (Å²) >= 11 is 8.70. The smallest absolute Gasteiger partial charge is 0.263 e. The number of amides is 1. The lowest BCUT2D eigenvalue weighted by atomic mass is 10.2. The molecule has 3 aromatic rings. The van der Waals surface area contributed by atoms with Crippen LogP contribution in [0.4, 0.5) is 5.69 Å². The van der Waals surface area contributed by atoms with E-state index in [2.05, 4.69) is 15.3 Å². The molecule has 3 aromatic heterocycles. The molecule has 0 radical (unpaired) electrons. The van der Waals surface area contributed by atoms with Crippen molar-refractivity contribution in [3.05, 3.63) is 44.3 Å². The van der Waals surface area contributed by atoms with Gasteiger partial charge in [-0.3, -0.25) is 14.2 Å². The van der Waals surface area contributed by atoms with Gasteiger partial charge in [0.25, 0.3) is 5.56 Å². The van der Waals surface area contributed by atoms with Crippen molar-refractivity contribution in [2.24, 2.45) is 0 Å². The van der Waals surface area contributed by atoms with Gasteiger partial charge in [-0.05, 0) is 45.4 Å². The third-order valence-electron chi connectivity index (χ3n) is 4.08. The number of hydrogen-bond acceptors (Lipinski definition) is 6. The monoisotopic (exact) mass is 422 g/mol. The molecule has 0 saturated heterocycles. The first-order valence-corrected chi connectivity index (χ1v) is 10.5. The van der Waals surface area contributed by atoms with Crippen molar-refractivity contribution in [1.82, 2.24) is 14.5 Å². The summed E-state index contributed by atoms with van der Waals surface area (Å²) < 4.78 is 1.65. The summed E-state index contributed by atoms with van der Waals surface area (Å²) in [6.07, 6.45) is 1.55. The molecule has 1 N–H and O–H groups in total. The zero-order chi connectivity index (χ0) is 19.7. The van der Waals surface area contributed by atoms with Gasteiger partial charge in [0.15, 0.2) is 10.3 Å². The number of thiophene rings is 1. The maximum absolute atomic E-state index is 13.0. The molecule has 0 fully saturated rings. The van der Waals surface area contributed by atoms with E-state index >= 15 is 0 Å². The van der Waals surface area contributed by atoms with E-state index in [1.165, 1.54) is 23.1 Å². The minimum Gasteiger partial charge on any atom is -0.323 e. The maximum atomic E-state index is 13.0. The average molecular weight is 423 g/mol. The molecule has 0 aliphatic carbocycles. The number of halogens is 1. The molecule has 3 rings (SSSR count). The second-order valence-electron chi connectivity index (χ2n) is 6.31. The number of aryl methyl sites for hydroxylation is 2. The Morgan fingerprint density at radius 3 is 2.81 bits per heavy atom. The average Bonchev–Trinajstić information content (AvgIpc) is 2.89. The number of carbonyl (C=O) groups excluding carboxylic acids is 1. The van der Waals surface area contributed by atoms with Gasteiger partial charge in [-0.2, -0.15) is 0 Å². The normalized spacial score (nSPS) is 11.3. The fourth-order valence-electron chi connectivity index (χ4n) is 2.64. The van der Waals surface area contributed by atoms with Gasteiger partial charge in [-0.15, -0.1) is 11.3 Å². The van der Waals surface area contributed by atoms with E-state index in [0.29, 0.717) is 21.1 Å². The van der Waals surface area contributed by atoms with Gasteiger partial charge in [-0.1, -0.05) is 23.4 Å². The molecule has 9 heteroatoms. The van der Waals surface area contributed by atoms with Crippen molar-refractivity contribution in [3.8, 4) is 0 Å². The van der Waals surface area contributed by atoms with Gasteiger partial charge in [0.1, 0.15) is 4.83 Å². The summed E-state index contributed by atoms with van der Waals surface area (Å²) in [5.41, 5.74) is 1.37. The predicted molar refractivity (Wildman–Crippen MR) is 112 cm³/mol. The van der Waals surface area contributed by atoms with Crippen LogP contribution < -0.4 is 10.9 Å². The second-order valence-corrected chi connectivity index (χ2v) is 8.81. The van der Waals surface area contributed by atoms with Crippen LogP contribution in [0.3, 0.4) is 0 Å². The summed E-state index contributed by atoms with van der Waals surface area (Å²) in [6, 6.07) is 3.32. The Balaban J connectivity index is 1.88. The predicted octanol–water partition coefficient (Wildman–Crippen LogP) is 4.43. The summed E-state index contributed by atoms with van der Waals surface area (Å²) in [7, 11) is 0. The first kappa shape index (κ1) is 19.9. The Morgan fingerprint density at radius 2 is 2.15 bits per heavy atom. The third-order valence-corrected chi connectivity index (χ3v) is 6.44. The molecule has 0 aromatic carbocycles. The number of thioether (sulfide) groups is 1. The van der Waals surface area contributed by atoms with Crippen molar-refractivity contribution in [1.29, 1.82) is 0 Å². The lowest BCUT2D eigenvalue weighted by Gasteiger charge is -2.15. The standard InChI is InChI=1S/C18H19ClN4O2S2/c1-9(2)23-17(25)14-10(3)11(4)27-16(14)22-18(23)26-8-13(24)21-12-6-5-7-20-15(12)19/h5-7,9H,8H2,1-4H3,(H,21,24). The van der Waals surface area contributed by atoms with Crippen LogP contribution in [0.1, 0.15) is 30.3 Å². The summed E-state index contributed by atoms with van der Waals surface area (Å²) in [5, 5.41) is 4.17. The molecule has 1 amide bonds. The van der Waals surface area contributed by atoms with E-state index in [-0.39, 0.29) is 28.4 Å². The van der Waals surface area contributed by atoms with Crippen molar-refractivity contribution in [3.63, 3.8) is 0 Å². The number of rotatable bonds is 5. The largest absolute Gasteiger partial charge is 0.323 e. The number of nitrogens with one attached hydrogen (secondary N) is 1. The number of aromatic nitrogens is 3. The van der Waals surface area contributed by atoms with Crippen LogP contribution in [-0.4, -0.2) is 26.2 Å². The molecule has 0 saturated carbocycles. The minimum absolute atomic E-state index is 0.0601.